The Hall–Kier alpha value is -4.29. The summed E-state index contributed by atoms with van der Waals surface area (Å²) in [6.07, 6.45) is 0. The summed E-state index contributed by atoms with van der Waals surface area (Å²) in [5.74, 6) is -1.82. The summed E-state index contributed by atoms with van der Waals surface area (Å²) in [5.41, 5.74) is 7.92. The Morgan fingerprint density at radius 1 is 0.700 bits per heavy atom. The zero-order valence-corrected chi connectivity index (χ0v) is 40.6. The number of rotatable bonds is 7. The number of carbonyl (C=O) groups excluding carboxylic acids is 3. The van der Waals surface area contributed by atoms with Crippen LogP contribution in [0.1, 0.15) is 168 Å². The fourth-order valence-corrected chi connectivity index (χ4v) is 6.40. The average Bonchev–Trinajstić information content (AvgIpc) is 3.76. The molecule has 13 nitrogen and oxygen atoms in total. The van der Waals surface area contributed by atoms with Gasteiger partial charge in [-0.2, -0.15) is 0 Å². The van der Waals surface area contributed by atoms with Crippen molar-refractivity contribution in [3.8, 4) is 11.5 Å². The van der Waals surface area contributed by atoms with Crippen LogP contribution in [0.5, 0.6) is 11.5 Å². The topological polar surface area (TPSA) is 211 Å². The van der Waals surface area contributed by atoms with Crippen molar-refractivity contribution in [1.82, 2.24) is 9.97 Å². The van der Waals surface area contributed by atoms with E-state index in [1.807, 2.05) is 88.0 Å². The Kier molecular flexibility index (Phi) is 20.7. The molecule has 2 aromatic heterocycles. The number of aromatic nitrogens is 2. The summed E-state index contributed by atoms with van der Waals surface area (Å²) in [7, 11) is 0. The van der Waals surface area contributed by atoms with Crippen LogP contribution in [0.3, 0.4) is 0 Å². The number of esters is 2. The Labute approximate surface area is 378 Å². The van der Waals surface area contributed by atoms with Gasteiger partial charge in [-0.3, -0.25) is 10.1 Å². The fraction of sp³-hybridized carbons (Fsp3) is 0.500. The van der Waals surface area contributed by atoms with E-state index >= 15 is 0 Å². The van der Waals surface area contributed by atoms with Crippen molar-refractivity contribution in [2.45, 2.75) is 126 Å². The fourth-order valence-electron chi connectivity index (χ4n) is 5.20. The Bertz CT molecular complexity index is 2020. The summed E-state index contributed by atoms with van der Waals surface area (Å²) in [4.78, 5) is 56.5. The quantitative estimate of drug-likeness (QED) is 0.0720. The van der Waals surface area contributed by atoms with Crippen LogP contribution in [0.2, 0.25) is 0 Å². The first-order valence-electron chi connectivity index (χ1n) is 19.1. The van der Waals surface area contributed by atoms with Gasteiger partial charge in [-0.15, -0.1) is 22.7 Å². The molecule has 0 aliphatic carbocycles. The van der Waals surface area contributed by atoms with Crippen molar-refractivity contribution in [3.05, 3.63) is 79.8 Å². The van der Waals surface area contributed by atoms with Crippen LogP contribution in [0, 0.1) is 0 Å². The van der Waals surface area contributed by atoms with Gasteiger partial charge in [0.1, 0.15) is 11.5 Å². The van der Waals surface area contributed by atoms with Gasteiger partial charge in [0, 0.05) is 38.6 Å². The molecule has 0 unspecified atom stereocenters. The third kappa shape index (κ3) is 16.3. The van der Waals surface area contributed by atoms with Crippen molar-refractivity contribution < 1.29 is 66.4 Å². The van der Waals surface area contributed by atoms with Gasteiger partial charge in [0.25, 0.3) is 5.91 Å². The van der Waals surface area contributed by atoms with Crippen LogP contribution < -0.4 is 33.4 Å². The molecular weight excluding hydrogens is 920 g/mol. The molecule has 0 saturated carbocycles. The van der Waals surface area contributed by atoms with Crippen LogP contribution in [0.25, 0.3) is 0 Å². The van der Waals surface area contributed by atoms with Crippen LogP contribution in [0.15, 0.2) is 35.0 Å². The number of nitrogens with two attached hydrogens (primary N) is 1. The Morgan fingerprint density at radius 2 is 1.03 bits per heavy atom. The maximum absolute atomic E-state index is 12.8. The number of nitrogens with zero attached hydrogens (tertiary/aromatic N) is 2. The molecule has 336 valence electrons. The molecule has 0 aliphatic heterocycles. The third-order valence-electron chi connectivity index (χ3n) is 8.18. The molecule has 4 aromatic rings. The summed E-state index contributed by atoms with van der Waals surface area (Å²) in [5, 5.41) is 36.9. The van der Waals surface area contributed by atoms with E-state index in [-0.39, 0.29) is 92.4 Å². The molecule has 4 rings (SSSR count). The maximum atomic E-state index is 12.8. The molecule has 0 fully saturated rings. The molecule has 6 N–H and O–H groups in total. The number of hydrogen-bond acceptors (Lipinski definition) is 13. The second-order valence-electron chi connectivity index (χ2n) is 17.1. The van der Waals surface area contributed by atoms with Gasteiger partial charge in [-0.25, -0.2) is 24.4 Å². The number of carboxylic acid groups (broad SMARTS) is 1. The van der Waals surface area contributed by atoms with E-state index < -0.39 is 17.9 Å². The number of aromatic carboxylic acids is 1. The number of anilines is 2. The monoisotopic (exact) mass is 986 g/mol. The second-order valence-corrected chi connectivity index (χ2v) is 18.9. The van der Waals surface area contributed by atoms with Gasteiger partial charge >= 0.3 is 45.8 Å². The molecule has 2 aromatic carbocycles. The summed E-state index contributed by atoms with van der Waals surface area (Å²) < 4.78 is 15.9. The number of halogens is 1. The molecule has 1 amide bonds. The summed E-state index contributed by atoms with van der Waals surface area (Å²) in [6, 6.07) is 6.54. The average molecular weight is 987 g/mol. The van der Waals surface area contributed by atoms with Crippen molar-refractivity contribution >= 4 is 56.8 Å². The van der Waals surface area contributed by atoms with E-state index in [0.717, 1.165) is 11.3 Å². The molecule has 0 bridgehead atoms. The van der Waals surface area contributed by atoms with Crippen molar-refractivity contribution in [2.24, 2.45) is 0 Å². The molecular formula is C44H66IN4O9S2-. The van der Waals surface area contributed by atoms with E-state index in [2.05, 4.69) is 15.3 Å². The first kappa shape index (κ1) is 53.7. The number of ether oxygens (including phenoxy) is 2. The number of phenols is 2. The number of phenolic OH excluding ortho intramolecular Hbond substituents is 2. The molecule has 2 heterocycles. The van der Waals surface area contributed by atoms with Crippen LogP contribution in [0.4, 0.5) is 10.3 Å². The molecule has 16 heteroatoms. The van der Waals surface area contributed by atoms with Crippen molar-refractivity contribution in [1.29, 1.82) is 0.594 Å². The number of benzene rings is 2. The van der Waals surface area contributed by atoms with Crippen LogP contribution >= 0.6 is 22.7 Å². The molecule has 0 aliphatic rings. The number of nitrogens with one attached hydrogen (secondary N) is 1. The molecule has 60 heavy (non-hydrogen) atoms. The zero-order chi connectivity index (χ0) is 46.6. The van der Waals surface area contributed by atoms with E-state index in [0.29, 0.717) is 44.7 Å². The van der Waals surface area contributed by atoms with Gasteiger partial charge in [0.05, 0.1) is 18.8 Å². The van der Waals surface area contributed by atoms with Crippen LogP contribution in [-0.4, -0.2) is 67.8 Å². The van der Waals surface area contributed by atoms with E-state index in [4.69, 9.17) is 15.8 Å². The van der Waals surface area contributed by atoms with Gasteiger partial charge in [-0.05, 0) is 59.8 Å². The standard InChI is InChI=1S/C21H28N2O4S.C15H22O3.C6H8N2O2S.CH4I.CH4/c1-8-27-18(26)15-11-28-19(22-15)23-17(25)12-9-13(20(2,3)4)16(24)14(10-12)21(5,6)7;1-14(2,3)10-7-9(13(17)18)8-11(12(10)16)15(4,5)6;1-2-10-5(9)4-3-11-6(7)8-4;1-2;/h9-11,24H,8H2,1-7H3,(H,22,23,25);7-8,16H,1-6H3,(H,17,18);3H,2H2,1H3,(H2,7,8);2H,1H3;1H4/q;;;-1;/i;;;2D;. The SMILES string of the molecule is C.CC(C)(C)c1cc(C(=O)O)cc(C(C)(C)C)c1O.CCOC(=O)c1csc(N)n1.CCOC(=O)c1csc(NC(=O)c2cc(C(C)(C)C)c(O)c(C(C)(C)C)c2)n1.[2H][I-]C. The van der Waals surface area contributed by atoms with Crippen molar-refractivity contribution in [2.75, 3.05) is 29.2 Å². The van der Waals surface area contributed by atoms with Crippen LogP contribution in [-0.2, 0) is 31.1 Å². The first-order chi connectivity index (χ1) is 27.4. The Balaban J connectivity index is 0.000000931. The van der Waals surface area contributed by atoms with E-state index in [1.165, 1.54) is 11.3 Å². The summed E-state index contributed by atoms with van der Waals surface area (Å²) in [6.45, 7) is 27.8. The first-order valence-corrected chi connectivity index (χ1v) is 22.6. The Morgan fingerprint density at radius 3 is 1.33 bits per heavy atom. The van der Waals surface area contributed by atoms with Gasteiger partial charge in [0.2, 0.25) is 0 Å². The number of amides is 1. The normalized spacial score (nSPS) is 11.5. The number of carbonyl (C=O) groups is 4. The predicted molar refractivity (Wildman–Crippen MR) is 241 cm³/mol. The molecule has 0 radical (unpaired) electrons. The molecule has 0 spiro atoms. The molecule has 0 atom stereocenters. The number of thiazole rings is 2. The number of carboxylic acids is 1. The van der Waals surface area contributed by atoms with E-state index in [9.17, 15) is 34.5 Å². The van der Waals surface area contributed by atoms with E-state index in [1.54, 1.807) is 48.9 Å². The summed E-state index contributed by atoms with van der Waals surface area (Å²) >= 11 is 2.22. The number of nitrogen functional groups attached to an aromatic ring is 1. The third-order valence-corrected chi connectivity index (χ3v) is 9.61. The minimum atomic E-state index is -0.967. The van der Waals surface area contributed by atoms with Gasteiger partial charge in [-0.1, -0.05) is 90.5 Å². The number of alkyl halides is 1. The van der Waals surface area contributed by atoms with Gasteiger partial charge in [0.15, 0.2) is 21.7 Å². The number of aromatic hydroxyl groups is 2. The predicted octanol–water partition coefficient (Wildman–Crippen LogP) is 7.00. The van der Waals surface area contributed by atoms with Gasteiger partial charge < -0.3 is 30.5 Å². The number of hydrogen-bond donors (Lipinski definition) is 5. The zero-order valence-electron chi connectivity index (χ0n) is 37.8. The van der Waals surface area contributed by atoms with Crippen molar-refractivity contribution in [3.63, 3.8) is 0 Å². The molecule has 0 saturated heterocycles. The second kappa shape index (κ2) is 23.1. The minimum absolute atomic E-state index is 0.